The summed E-state index contributed by atoms with van der Waals surface area (Å²) in [7, 11) is 0. The standard InChI is InChI=1S/C21H17N3O6/c25-20-18-12-5-6-13(9-12)19(18)21(26)23(20)22-10-14-7-8-15(30-14)11-29-17-4-2-1-3-16(17)24(27)28/h1-8,10,12-13,18-19H,9,11H2/b22-10-/t12-,13-,18-,19+/m0/s1. The maximum atomic E-state index is 12.6. The molecule has 2 fully saturated rings. The van der Waals surface area contributed by atoms with Crippen LogP contribution in [0, 0.1) is 33.8 Å². The van der Waals surface area contributed by atoms with Crippen LogP contribution in [0.3, 0.4) is 0 Å². The van der Waals surface area contributed by atoms with Crippen molar-refractivity contribution in [2.75, 3.05) is 0 Å². The van der Waals surface area contributed by atoms with Crippen LogP contribution in [-0.4, -0.2) is 28.0 Å². The third-order valence-corrected chi connectivity index (χ3v) is 5.86. The maximum Gasteiger partial charge on any atom is 0.310 e. The first-order chi connectivity index (χ1) is 14.5. The van der Waals surface area contributed by atoms with Gasteiger partial charge in [0.25, 0.3) is 11.8 Å². The Labute approximate surface area is 170 Å². The summed E-state index contributed by atoms with van der Waals surface area (Å²) in [5.74, 6) is 0.0462. The van der Waals surface area contributed by atoms with E-state index in [0.717, 1.165) is 11.4 Å². The molecular weight excluding hydrogens is 390 g/mol. The Morgan fingerprint density at radius 2 is 1.83 bits per heavy atom. The minimum Gasteiger partial charge on any atom is -0.479 e. The number of ether oxygens (including phenoxy) is 1. The Morgan fingerprint density at radius 1 is 1.13 bits per heavy atom. The number of furan rings is 1. The molecule has 2 aliphatic carbocycles. The van der Waals surface area contributed by atoms with Crippen LogP contribution in [0.1, 0.15) is 17.9 Å². The van der Waals surface area contributed by atoms with Crippen molar-refractivity contribution in [1.82, 2.24) is 5.01 Å². The molecular formula is C21H17N3O6. The van der Waals surface area contributed by atoms with Crippen LogP contribution in [0.2, 0.25) is 0 Å². The van der Waals surface area contributed by atoms with E-state index in [1.807, 2.05) is 12.2 Å². The Bertz CT molecular complexity index is 1070. The van der Waals surface area contributed by atoms with Gasteiger partial charge in [0, 0.05) is 6.07 Å². The molecule has 152 valence electrons. The van der Waals surface area contributed by atoms with Crippen LogP contribution in [0.25, 0.3) is 0 Å². The van der Waals surface area contributed by atoms with E-state index >= 15 is 0 Å². The van der Waals surface area contributed by atoms with Gasteiger partial charge >= 0.3 is 5.69 Å². The number of imide groups is 1. The van der Waals surface area contributed by atoms with Gasteiger partial charge in [-0.25, -0.2) is 0 Å². The molecule has 1 saturated carbocycles. The van der Waals surface area contributed by atoms with E-state index in [1.165, 1.54) is 18.3 Å². The van der Waals surface area contributed by atoms with Crippen molar-refractivity contribution in [3.8, 4) is 5.75 Å². The topological polar surface area (TPSA) is 115 Å². The summed E-state index contributed by atoms with van der Waals surface area (Å²) < 4.78 is 11.1. The third kappa shape index (κ3) is 2.90. The van der Waals surface area contributed by atoms with Gasteiger partial charge in [0.1, 0.15) is 18.1 Å². The Morgan fingerprint density at radius 3 is 2.53 bits per heavy atom. The number of hydrogen-bond donors (Lipinski definition) is 0. The first-order valence-electron chi connectivity index (χ1n) is 9.58. The quantitative estimate of drug-likeness (QED) is 0.239. The van der Waals surface area contributed by atoms with E-state index in [2.05, 4.69) is 5.10 Å². The lowest BCUT2D eigenvalue weighted by atomic mass is 9.85. The van der Waals surface area contributed by atoms with Crippen LogP contribution in [0.5, 0.6) is 5.75 Å². The average molecular weight is 407 g/mol. The van der Waals surface area contributed by atoms with E-state index in [9.17, 15) is 19.7 Å². The van der Waals surface area contributed by atoms with Crippen LogP contribution >= 0.6 is 0 Å². The van der Waals surface area contributed by atoms with Crippen molar-refractivity contribution < 1.29 is 23.7 Å². The molecule has 1 saturated heterocycles. The van der Waals surface area contributed by atoms with Crippen molar-refractivity contribution in [2.24, 2.45) is 28.8 Å². The second-order valence-corrected chi connectivity index (χ2v) is 7.55. The molecule has 2 amide bonds. The van der Waals surface area contributed by atoms with Gasteiger partial charge in [0.15, 0.2) is 5.75 Å². The summed E-state index contributed by atoms with van der Waals surface area (Å²) >= 11 is 0. The number of nitrogens with zero attached hydrogens (tertiary/aromatic N) is 3. The van der Waals surface area contributed by atoms with Gasteiger partial charge < -0.3 is 9.15 Å². The van der Waals surface area contributed by atoms with Crippen LogP contribution in [0.15, 0.2) is 58.1 Å². The number of fused-ring (bicyclic) bond motifs is 5. The highest BCUT2D eigenvalue weighted by atomic mass is 16.6. The lowest BCUT2D eigenvalue weighted by Crippen LogP contribution is -2.28. The molecule has 1 aromatic carbocycles. The summed E-state index contributed by atoms with van der Waals surface area (Å²) in [5, 5.41) is 16.1. The smallest absolute Gasteiger partial charge is 0.310 e. The van der Waals surface area contributed by atoms with Crippen molar-refractivity contribution >= 4 is 23.7 Å². The van der Waals surface area contributed by atoms with Gasteiger partial charge in [0.2, 0.25) is 0 Å². The summed E-state index contributed by atoms with van der Waals surface area (Å²) in [6, 6.07) is 9.33. The van der Waals surface area contributed by atoms with Crippen LogP contribution < -0.4 is 4.74 Å². The number of hydrazone groups is 1. The van der Waals surface area contributed by atoms with E-state index in [0.29, 0.717) is 11.5 Å². The number of amides is 2. The number of allylic oxidation sites excluding steroid dienone is 2. The van der Waals surface area contributed by atoms with Crippen LogP contribution in [0.4, 0.5) is 5.69 Å². The lowest BCUT2D eigenvalue weighted by Gasteiger charge is -2.13. The van der Waals surface area contributed by atoms with E-state index in [-0.39, 0.29) is 53.5 Å². The molecule has 1 aromatic heterocycles. The molecule has 0 spiro atoms. The van der Waals surface area contributed by atoms with Gasteiger partial charge in [-0.15, -0.1) is 0 Å². The molecule has 5 rings (SSSR count). The number of rotatable bonds is 6. The van der Waals surface area contributed by atoms with Gasteiger partial charge in [-0.2, -0.15) is 10.1 Å². The van der Waals surface area contributed by atoms with Gasteiger partial charge in [-0.05, 0) is 36.5 Å². The van der Waals surface area contributed by atoms with Crippen LogP contribution in [-0.2, 0) is 16.2 Å². The molecule has 9 nitrogen and oxygen atoms in total. The first kappa shape index (κ1) is 18.3. The molecule has 4 atom stereocenters. The van der Waals surface area contributed by atoms with Crippen molar-refractivity contribution in [3.63, 3.8) is 0 Å². The molecule has 2 heterocycles. The number of carbonyl (C=O) groups excluding carboxylic acids is 2. The molecule has 0 N–H and O–H groups in total. The maximum absolute atomic E-state index is 12.6. The molecule has 0 unspecified atom stereocenters. The minimum atomic E-state index is -0.517. The highest BCUT2D eigenvalue weighted by molar-refractivity contribution is 6.06. The molecule has 9 heteroatoms. The van der Waals surface area contributed by atoms with Crippen molar-refractivity contribution in [2.45, 2.75) is 13.0 Å². The number of benzene rings is 1. The minimum absolute atomic E-state index is 0.0144. The number of nitro groups is 1. The number of nitro benzene ring substituents is 1. The molecule has 2 bridgehead atoms. The Kier molecular flexibility index (Phi) is 4.23. The second-order valence-electron chi connectivity index (χ2n) is 7.55. The normalized spacial score (nSPS) is 26.7. The van der Waals surface area contributed by atoms with E-state index < -0.39 is 4.92 Å². The fourth-order valence-electron chi connectivity index (χ4n) is 4.54. The zero-order chi connectivity index (χ0) is 20.8. The summed E-state index contributed by atoms with van der Waals surface area (Å²) in [6.45, 7) is -0.0144. The predicted octanol–water partition coefficient (Wildman–Crippen LogP) is 2.91. The van der Waals surface area contributed by atoms with Gasteiger partial charge in [0.05, 0.1) is 23.0 Å². The zero-order valence-corrected chi connectivity index (χ0v) is 15.7. The SMILES string of the molecule is O=C1[C@@H]2[C@H](C(=O)N1/N=C\c1ccc(COc3ccccc3[N+](=O)[O-])o1)[C@H]1C=C[C@H]2C1. The Hall–Kier alpha value is -3.75. The fraction of sp³-hybridized carbons (Fsp3) is 0.286. The predicted molar refractivity (Wildman–Crippen MR) is 103 cm³/mol. The average Bonchev–Trinajstić information content (AvgIpc) is 3.51. The molecule has 2 aromatic rings. The fourth-order valence-corrected chi connectivity index (χ4v) is 4.54. The summed E-state index contributed by atoms with van der Waals surface area (Å²) in [5.41, 5.74) is -0.133. The molecule has 1 aliphatic heterocycles. The third-order valence-electron chi connectivity index (χ3n) is 5.86. The first-order valence-corrected chi connectivity index (χ1v) is 9.58. The number of para-hydroxylation sites is 2. The van der Waals surface area contributed by atoms with E-state index in [1.54, 1.807) is 24.3 Å². The molecule has 30 heavy (non-hydrogen) atoms. The Balaban J connectivity index is 1.25. The van der Waals surface area contributed by atoms with Crippen molar-refractivity contribution in [3.05, 3.63) is 70.2 Å². The van der Waals surface area contributed by atoms with Gasteiger partial charge in [-0.1, -0.05) is 24.3 Å². The zero-order valence-electron chi connectivity index (χ0n) is 15.7. The number of hydrogen-bond acceptors (Lipinski definition) is 7. The largest absolute Gasteiger partial charge is 0.479 e. The summed E-state index contributed by atoms with van der Waals surface area (Å²) in [6.07, 6.45) is 6.24. The van der Waals surface area contributed by atoms with Crippen molar-refractivity contribution in [1.29, 1.82) is 0 Å². The highest BCUT2D eigenvalue weighted by Crippen LogP contribution is 2.52. The second kappa shape index (κ2) is 6.94. The highest BCUT2D eigenvalue weighted by Gasteiger charge is 2.59. The van der Waals surface area contributed by atoms with Gasteiger partial charge in [-0.3, -0.25) is 19.7 Å². The summed E-state index contributed by atoms with van der Waals surface area (Å²) in [4.78, 5) is 35.7. The van der Waals surface area contributed by atoms with E-state index in [4.69, 9.17) is 9.15 Å². The lowest BCUT2D eigenvalue weighted by molar-refractivity contribution is -0.386. The molecule has 0 radical (unpaired) electrons. The number of carbonyl (C=O) groups is 2. The monoisotopic (exact) mass is 407 g/mol. The molecule has 3 aliphatic rings.